The molecule has 3 heteroatoms. The Morgan fingerprint density at radius 3 is 2.47 bits per heavy atom. The molecule has 1 N–H and O–H groups in total. The molecule has 0 spiro atoms. The van der Waals surface area contributed by atoms with Gasteiger partial charge in [-0.25, -0.2) is 0 Å². The number of esters is 1. The average Bonchev–Trinajstić information content (AvgIpc) is 2.25. The zero-order valence-electron chi connectivity index (χ0n) is 10.2. The molecule has 1 aromatic rings. The first kappa shape index (κ1) is 13.3. The summed E-state index contributed by atoms with van der Waals surface area (Å²) < 4.78 is 5.00. The second kappa shape index (κ2) is 5.51. The minimum absolute atomic E-state index is 0.390. The molecule has 1 aromatic carbocycles. The summed E-state index contributed by atoms with van der Waals surface area (Å²) in [6, 6.07) is 9.11. The molecule has 1 unspecified atom stereocenters. The van der Waals surface area contributed by atoms with E-state index in [1.807, 2.05) is 18.2 Å². The Morgan fingerprint density at radius 2 is 1.94 bits per heavy atom. The molecule has 0 heterocycles. The van der Waals surface area contributed by atoms with Gasteiger partial charge in [0.15, 0.2) is 5.60 Å². The van der Waals surface area contributed by atoms with Crippen LogP contribution in [0.2, 0.25) is 0 Å². The number of benzene rings is 1. The molecule has 1 rings (SSSR count). The Labute approximate surface area is 101 Å². The fourth-order valence-corrected chi connectivity index (χ4v) is 1.35. The van der Waals surface area contributed by atoms with Gasteiger partial charge in [0.05, 0.1) is 0 Å². The number of carbonyl (C=O) groups excluding carboxylic acids is 1. The maximum absolute atomic E-state index is 10.8. The van der Waals surface area contributed by atoms with Crippen molar-refractivity contribution in [2.75, 3.05) is 0 Å². The normalized spacial score (nSPS) is 12.2. The standard InChI is InChI=1S/C14H16O3/c1-11(15)17-14(2,3)10-9-13(16)12-7-5-4-6-8-12/h4-8,13,16H,1-3H3. The Balaban J connectivity index is 2.75. The predicted molar refractivity (Wildman–Crippen MR) is 65.0 cm³/mol. The summed E-state index contributed by atoms with van der Waals surface area (Å²) in [5.74, 6) is 5.03. The molecule has 1 atom stereocenters. The lowest BCUT2D eigenvalue weighted by molar-refractivity contribution is -0.148. The first-order chi connectivity index (χ1) is 7.91. The van der Waals surface area contributed by atoms with Crippen LogP contribution in [0.15, 0.2) is 30.3 Å². The zero-order valence-corrected chi connectivity index (χ0v) is 10.2. The fraction of sp³-hybridized carbons (Fsp3) is 0.357. The quantitative estimate of drug-likeness (QED) is 0.627. The van der Waals surface area contributed by atoms with Crippen LogP contribution in [0.25, 0.3) is 0 Å². The second-order valence-electron chi connectivity index (χ2n) is 4.19. The summed E-state index contributed by atoms with van der Waals surface area (Å²) in [5, 5.41) is 9.80. The number of ether oxygens (including phenoxy) is 1. The number of carbonyl (C=O) groups is 1. The first-order valence-corrected chi connectivity index (χ1v) is 5.36. The van der Waals surface area contributed by atoms with Gasteiger partial charge >= 0.3 is 5.97 Å². The highest BCUT2D eigenvalue weighted by Gasteiger charge is 2.17. The number of hydrogen-bond acceptors (Lipinski definition) is 3. The molecule has 0 aliphatic carbocycles. The maximum atomic E-state index is 10.8. The van der Waals surface area contributed by atoms with Crippen molar-refractivity contribution in [1.29, 1.82) is 0 Å². The van der Waals surface area contributed by atoms with Gasteiger partial charge in [-0.2, -0.15) is 0 Å². The van der Waals surface area contributed by atoms with Crippen molar-refractivity contribution >= 4 is 5.97 Å². The van der Waals surface area contributed by atoms with Crippen molar-refractivity contribution in [3.63, 3.8) is 0 Å². The van der Waals surface area contributed by atoms with Crippen LogP contribution in [0.1, 0.15) is 32.4 Å². The third-order valence-electron chi connectivity index (χ3n) is 2.02. The van der Waals surface area contributed by atoms with Gasteiger partial charge < -0.3 is 9.84 Å². The molecule has 0 fully saturated rings. The number of hydrogen-bond donors (Lipinski definition) is 1. The van der Waals surface area contributed by atoms with E-state index in [0.29, 0.717) is 0 Å². The van der Waals surface area contributed by atoms with E-state index in [-0.39, 0.29) is 0 Å². The van der Waals surface area contributed by atoms with E-state index >= 15 is 0 Å². The topological polar surface area (TPSA) is 46.5 Å². The van der Waals surface area contributed by atoms with Gasteiger partial charge in [-0.05, 0) is 19.4 Å². The zero-order chi connectivity index (χ0) is 12.9. The number of aliphatic hydroxyl groups is 1. The highest BCUT2D eigenvalue weighted by atomic mass is 16.6. The first-order valence-electron chi connectivity index (χ1n) is 5.36. The van der Waals surface area contributed by atoms with Crippen molar-refractivity contribution in [3.05, 3.63) is 35.9 Å². The summed E-state index contributed by atoms with van der Waals surface area (Å²) in [7, 11) is 0. The lowest BCUT2D eigenvalue weighted by Crippen LogP contribution is -2.24. The van der Waals surface area contributed by atoms with Gasteiger partial charge in [0.1, 0.15) is 6.10 Å². The van der Waals surface area contributed by atoms with Crippen LogP contribution >= 0.6 is 0 Å². The molecule has 90 valence electrons. The summed E-state index contributed by atoms with van der Waals surface area (Å²) in [6.45, 7) is 4.69. The lowest BCUT2D eigenvalue weighted by Gasteiger charge is -2.17. The molecule has 0 saturated heterocycles. The molecule has 3 nitrogen and oxygen atoms in total. The minimum Gasteiger partial charge on any atom is -0.447 e. The summed E-state index contributed by atoms with van der Waals surface area (Å²) in [6.07, 6.45) is -0.869. The van der Waals surface area contributed by atoms with Crippen molar-refractivity contribution < 1.29 is 14.6 Å². The Kier molecular flexibility index (Phi) is 4.30. The molecule has 0 aromatic heterocycles. The smallest absolute Gasteiger partial charge is 0.304 e. The molecular formula is C14H16O3. The van der Waals surface area contributed by atoms with Gasteiger partial charge in [-0.3, -0.25) is 4.79 Å². The average molecular weight is 232 g/mol. The van der Waals surface area contributed by atoms with E-state index in [4.69, 9.17) is 4.74 Å². The summed E-state index contributed by atoms with van der Waals surface area (Å²) >= 11 is 0. The van der Waals surface area contributed by atoms with E-state index in [9.17, 15) is 9.90 Å². The Morgan fingerprint density at radius 1 is 1.35 bits per heavy atom. The van der Waals surface area contributed by atoms with Gasteiger partial charge in [0.25, 0.3) is 0 Å². The van der Waals surface area contributed by atoms with Crippen molar-refractivity contribution in [2.24, 2.45) is 0 Å². The maximum Gasteiger partial charge on any atom is 0.304 e. The summed E-state index contributed by atoms with van der Waals surface area (Å²) in [5.41, 5.74) is -0.166. The van der Waals surface area contributed by atoms with Crippen LogP contribution in [-0.2, 0) is 9.53 Å². The molecule has 0 aliphatic heterocycles. The molecular weight excluding hydrogens is 216 g/mol. The largest absolute Gasteiger partial charge is 0.447 e. The van der Waals surface area contributed by atoms with E-state index in [0.717, 1.165) is 5.56 Å². The van der Waals surface area contributed by atoms with Crippen LogP contribution < -0.4 is 0 Å². The van der Waals surface area contributed by atoms with Crippen LogP contribution in [0, 0.1) is 11.8 Å². The van der Waals surface area contributed by atoms with Crippen molar-refractivity contribution in [2.45, 2.75) is 32.5 Å². The van der Waals surface area contributed by atoms with E-state index in [1.54, 1.807) is 26.0 Å². The van der Waals surface area contributed by atoms with Crippen LogP contribution in [0.5, 0.6) is 0 Å². The number of aliphatic hydroxyl groups excluding tert-OH is 1. The third-order valence-corrected chi connectivity index (χ3v) is 2.02. The van der Waals surface area contributed by atoms with Gasteiger partial charge in [-0.15, -0.1) is 0 Å². The molecule has 0 saturated carbocycles. The van der Waals surface area contributed by atoms with Crippen LogP contribution in [0.3, 0.4) is 0 Å². The van der Waals surface area contributed by atoms with Crippen molar-refractivity contribution in [3.8, 4) is 11.8 Å². The van der Waals surface area contributed by atoms with E-state index in [2.05, 4.69) is 11.8 Å². The van der Waals surface area contributed by atoms with Gasteiger partial charge in [-0.1, -0.05) is 42.2 Å². The molecule has 0 bridgehead atoms. The Hall–Kier alpha value is -1.79. The SMILES string of the molecule is CC(=O)OC(C)(C)C#CC(O)c1ccccc1. The molecule has 17 heavy (non-hydrogen) atoms. The van der Waals surface area contributed by atoms with Crippen molar-refractivity contribution in [1.82, 2.24) is 0 Å². The number of rotatable bonds is 2. The van der Waals surface area contributed by atoms with E-state index in [1.165, 1.54) is 6.92 Å². The van der Waals surface area contributed by atoms with E-state index < -0.39 is 17.7 Å². The van der Waals surface area contributed by atoms with Gasteiger partial charge in [0.2, 0.25) is 0 Å². The second-order valence-corrected chi connectivity index (χ2v) is 4.19. The fourth-order valence-electron chi connectivity index (χ4n) is 1.35. The third kappa shape index (κ3) is 4.71. The highest BCUT2D eigenvalue weighted by molar-refractivity contribution is 5.67. The molecule has 0 radical (unpaired) electrons. The van der Waals surface area contributed by atoms with Crippen LogP contribution in [-0.4, -0.2) is 16.7 Å². The van der Waals surface area contributed by atoms with Gasteiger partial charge in [0, 0.05) is 6.92 Å². The predicted octanol–water partition coefficient (Wildman–Crippen LogP) is 2.07. The minimum atomic E-state index is -0.887. The highest BCUT2D eigenvalue weighted by Crippen LogP contribution is 2.13. The Bertz CT molecular complexity index is 438. The molecule has 0 amide bonds. The van der Waals surface area contributed by atoms with Crippen LogP contribution in [0.4, 0.5) is 0 Å². The lowest BCUT2D eigenvalue weighted by atomic mass is 10.1. The monoisotopic (exact) mass is 232 g/mol. The molecule has 0 aliphatic rings. The summed E-state index contributed by atoms with van der Waals surface area (Å²) in [4.78, 5) is 10.8.